The Morgan fingerprint density at radius 2 is 1.61 bits per heavy atom. The van der Waals surface area contributed by atoms with Crippen LogP contribution in [-0.4, -0.2) is 33.8 Å². The number of nitrogens with zero attached hydrogens (tertiary/aromatic N) is 3. The van der Waals surface area contributed by atoms with Crippen molar-refractivity contribution in [3.05, 3.63) is 83.5 Å². The van der Waals surface area contributed by atoms with Crippen molar-refractivity contribution < 1.29 is 14.3 Å². The minimum atomic E-state index is -0.379. The number of hydrogen-bond donors (Lipinski definition) is 2. The van der Waals surface area contributed by atoms with Crippen LogP contribution in [0.2, 0.25) is 5.02 Å². The third-order valence-corrected chi connectivity index (χ3v) is 4.53. The van der Waals surface area contributed by atoms with E-state index in [0.717, 1.165) is 17.1 Å². The van der Waals surface area contributed by atoms with Crippen LogP contribution >= 0.6 is 11.6 Å². The molecule has 8 nitrogen and oxygen atoms in total. The van der Waals surface area contributed by atoms with Crippen molar-refractivity contribution >= 4 is 29.2 Å². The summed E-state index contributed by atoms with van der Waals surface area (Å²) in [5.41, 5.74) is 1.59. The van der Waals surface area contributed by atoms with Crippen LogP contribution in [0.1, 0.15) is 5.56 Å². The van der Waals surface area contributed by atoms with Gasteiger partial charge in [0.1, 0.15) is 24.7 Å². The number of aromatic nitrogens is 3. The molecule has 0 aliphatic rings. The highest BCUT2D eigenvalue weighted by molar-refractivity contribution is 6.30. The Labute approximate surface area is 183 Å². The van der Waals surface area contributed by atoms with Crippen molar-refractivity contribution in [3.8, 4) is 11.5 Å². The lowest BCUT2D eigenvalue weighted by atomic mass is 10.2. The predicted octanol–water partition coefficient (Wildman–Crippen LogP) is 4.16. The zero-order valence-electron chi connectivity index (χ0n) is 16.5. The number of benzene rings is 2. The number of fused-ring (bicyclic) bond motifs is 1. The number of anilines is 1. The Balaban J connectivity index is 1.18. The minimum absolute atomic E-state index is 0.244. The molecule has 0 saturated carbocycles. The number of urea groups is 1. The molecule has 4 rings (SSSR count). The first-order valence-electron chi connectivity index (χ1n) is 9.62. The van der Waals surface area contributed by atoms with Crippen LogP contribution in [0.15, 0.2) is 72.9 Å². The van der Waals surface area contributed by atoms with Crippen LogP contribution in [0.5, 0.6) is 11.5 Å². The molecule has 2 heterocycles. The van der Waals surface area contributed by atoms with E-state index < -0.39 is 0 Å². The normalized spacial score (nSPS) is 10.6. The van der Waals surface area contributed by atoms with Gasteiger partial charge in [-0.2, -0.15) is 4.98 Å². The number of nitrogens with one attached hydrogen (secondary N) is 2. The van der Waals surface area contributed by atoms with Crippen LogP contribution in [0.25, 0.3) is 5.65 Å². The van der Waals surface area contributed by atoms with Crippen molar-refractivity contribution in [2.45, 2.75) is 6.54 Å². The van der Waals surface area contributed by atoms with Gasteiger partial charge in [0.05, 0.1) is 0 Å². The maximum Gasteiger partial charge on any atom is 0.321 e. The highest BCUT2D eigenvalue weighted by Gasteiger charge is 2.07. The lowest BCUT2D eigenvalue weighted by molar-refractivity contribution is 0.217. The summed E-state index contributed by atoms with van der Waals surface area (Å²) in [6, 6.07) is 19.8. The summed E-state index contributed by atoms with van der Waals surface area (Å²) in [4.78, 5) is 16.3. The van der Waals surface area contributed by atoms with Gasteiger partial charge < -0.3 is 14.8 Å². The first-order chi connectivity index (χ1) is 15.2. The molecule has 2 aromatic heterocycles. The molecule has 4 aromatic rings. The van der Waals surface area contributed by atoms with Gasteiger partial charge in [0.2, 0.25) is 0 Å². The Morgan fingerprint density at radius 3 is 2.29 bits per heavy atom. The van der Waals surface area contributed by atoms with Crippen molar-refractivity contribution in [1.82, 2.24) is 19.9 Å². The van der Waals surface area contributed by atoms with Crippen molar-refractivity contribution in [1.29, 1.82) is 0 Å². The number of pyridine rings is 1. The summed E-state index contributed by atoms with van der Waals surface area (Å²) in [7, 11) is 0. The topological polar surface area (TPSA) is 89.8 Å². The van der Waals surface area contributed by atoms with Crippen LogP contribution in [0, 0.1) is 0 Å². The van der Waals surface area contributed by atoms with E-state index in [4.69, 9.17) is 21.1 Å². The van der Waals surface area contributed by atoms with Crippen LogP contribution < -0.4 is 20.1 Å². The molecule has 158 valence electrons. The smallest absolute Gasteiger partial charge is 0.321 e. The second kappa shape index (κ2) is 9.82. The van der Waals surface area contributed by atoms with E-state index in [-0.39, 0.29) is 12.0 Å². The number of carbonyl (C=O) groups is 1. The number of hydrogen-bond acceptors (Lipinski definition) is 5. The monoisotopic (exact) mass is 437 g/mol. The number of ether oxygens (including phenoxy) is 2. The van der Waals surface area contributed by atoms with Gasteiger partial charge in [-0.05, 0) is 54.1 Å². The molecule has 0 atom stereocenters. The number of rotatable bonds is 8. The lowest BCUT2D eigenvalue weighted by Crippen LogP contribution is -2.28. The van der Waals surface area contributed by atoms with Gasteiger partial charge in [-0.3, -0.25) is 5.32 Å². The fourth-order valence-electron chi connectivity index (χ4n) is 2.77. The van der Waals surface area contributed by atoms with E-state index in [1.807, 2.05) is 54.6 Å². The van der Waals surface area contributed by atoms with E-state index in [1.165, 1.54) is 0 Å². The average Bonchev–Trinajstić information content (AvgIpc) is 3.19. The zero-order chi connectivity index (χ0) is 21.5. The van der Waals surface area contributed by atoms with E-state index in [9.17, 15) is 4.79 Å². The molecular formula is C22H20ClN5O3. The Bertz CT molecular complexity index is 1110. The zero-order valence-corrected chi connectivity index (χ0v) is 17.2. The fourth-order valence-corrected chi connectivity index (χ4v) is 2.89. The maximum absolute atomic E-state index is 12.1. The molecule has 0 fully saturated rings. The van der Waals surface area contributed by atoms with Crippen LogP contribution in [-0.2, 0) is 6.54 Å². The van der Waals surface area contributed by atoms with Gasteiger partial charge in [0, 0.05) is 17.8 Å². The molecule has 9 heteroatoms. The van der Waals surface area contributed by atoms with Crippen molar-refractivity contribution in [3.63, 3.8) is 0 Å². The van der Waals surface area contributed by atoms with Gasteiger partial charge in [0.25, 0.3) is 5.95 Å². The molecule has 0 radical (unpaired) electrons. The second-order valence-electron chi connectivity index (χ2n) is 6.54. The quantitative estimate of drug-likeness (QED) is 0.404. The van der Waals surface area contributed by atoms with Gasteiger partial charge in [-0.1, -0.05) is 29.8 Å². The lowest BCUT2D eigenvalue weighted by Gasteiger charge is -2.09. The molecule has 0 aliphatic heterocycles. The molecule has 31 heavy (non-hydrogen) atoms. The van der Waals surface area contributed by atoms with E-state index in [1.54, 1.807) is 22.8 Å². The molecule has 0 unspecified atom stereocenters. The fraction of sp³-hybridized carbons (Fsp3) is 0.136. The highest BCUT2D eigenvalue weighted by Crippen LogP contribution is 2.16. The SMILES string of the molecule is O=C(NCc1ccc(OCCOc2ccc(Cl)cc2)cc1)Nc1nc2ccccn2n1. The number of halogens is 1. The van der Waals surface area contributed by atoms with Gasteiger partial charge >= 0.3 is 6.03 Å². The van der Waals surface area contributed by atoms with Crippen molar-refractivity contribution in [2.75, 3.05) is 18.5 Å². The van der Waals surface area contributed by atoms with Gasteiger partial charge in [-0.25, -0.2) is 9.31 Å². The molecule has 0 spiro atoms. The summed E-state index contributed by atoms with van der Waals surface area (Å²) in [6.45, 7) is 1.19. The summed E-state index contributed by atoms with van der Waals surface area (Å²) < 4.78 is 12.9. The van der Waals surface area contributed by atoms with Crippen molar-refractivity contribution in [2.24, 2.45) is 0 Å². The predicted molar refractivity (Wildman–Crippen MR) is 118 cm³/mol. The summed E-state index contributed by atoms with van der Waals surface area (Å²) in [5, 5.41) is 10.2. The largest absolute Gasteiger partial charge is 0.490 e. The molecule has 0 aliphatic carbocycles. The van der Waals surface area contributed by atoms with Gasteiger partial charge in [0.15, 0.2) is 5.65 Å². The Hall–Kier alpha value is -3.78. The molecule has 2 amide bonds. The molecule has 0 bridgehead atoms. The minimum Gasteiger partial charge on any atom is -0.490 e. The Kier molecular flexibility index (Phi) is 6.49. The number of carbonyl (C=O) groups excluding carboxylic acids is 1. The third kappa shape index (κ3) is 5.86. The molecular weight excluding hydrogens is 418 g/mol. The van der Waals surface area contributed by atoms with Crippen LogP contribution in [0.3, 0.4) is 0 Å². The van der Waals surface area contributed by atoms with Crippen LogP contribution in [0.4, 0.5) is 10.7 Å². The van der Waals surface area contributed by atoms with E-state index >= 15 is 0 Å². The molecule has 2 aromatic carbocycles. The first-order valence-corrected chi connectivity index (χ1v) is 10.00. The average molecular weight is 438 g/mol. The maximum atomic E-state index is 12.1. The number of amides is 2. The van der Waals surface area contributed by atoms with E-state index in [2.05, 4.69) is 20.7 Å². The summed E-state index contributed by atoms with van der Waals surface area (Å²) >= 11 is 5.84. The third-order valence-electron chi connectivity index (χ3n) is 4.28. The van der Waals surface area contributed by atoms with E-state index in [0.29, 0.717) is 30.4 Å². The Morgan fingerprint density at radius 1 is 0.935 bits per heavy atom. The summed E-state index contributed by atoms with van der Waals surface area (Å²) in [5.74, 6) is 1.71. The highest BCUT2D eigenvalue weighted by atomic mass is 35.5. The summed E-state index contributed by atoms with van der Waals surface area (Å²) in [6.07, 6.45) is 1.76. The van der Waals surface area contributed by atoms with Gasteiger partial charge in [-0.15, -0.1) is 5.10 Å². The first kappa shape index (κ1) is 20.5. The second-order valence-corrected chi connectivity index (χ2v) is 6.98. The standard InChI is InChI=1S/C22H20ClN5O3/c23-17-6-10-19(11-7-17)31-14-13-30-18-8-4-16(5-9-18)15-24-22(29)26-21-25-20-3-1-2-12-28(20)27-21/h1-12H,13-15H2,(H2,24,26,27,29). The molecule has 0 saturated heterocycles. The molecule has 2 N–H and O–H groups in total.